The zero-order valence-electron chi connectivity index (χ0n) is 10.7. The van der Waals surface area contributed by atoms with Gasteiger partial charge in [0.15, 0.2) is 0 Å². The highest BCUT2D eigenvalue weighted by atomic mass is 16.3. The minimum Gasteiger partial charge on any atom is -0.392 e. The Kier molecular flexibility index (Phi) is 4.74. The molecule has 0 amide bonds. The second kappa shape index (κ2) is 5.85. The summed E-state index contributed by atoms with van der Waals surface area (Å²) in [5.74, 6) is 0.949. The lowest BCUT2D eigenvalue weighted by Gasteiger charge is -2.26. The SMILES string of the molecule is CCCC(C)N(C)c1cc(CO)cc(C)n1. The van der Waals surface area contributed by atoms with Gasteiger partial charge in [-0.1, -0.05) is 13.3 Å². The van der Waals surface area contributed by atoms with Crippen molar-refractivity contribution in [3.8, 4) is 0 Å². The van der Waals surface area contributed by atoms with Crippen molar-refractivity contribution in [2.75, 3.05) is 11.9 Å². The summed E-state index contributed by atoms with van der Waals surface area (Å²) in [6.45, 7) is 6.42. The lowest BCUT2D eigenvalue weighted by Crippen LogP contribution is -2.29. The zero-order valence-corrected chi connectivity index (χ0v) is 10.7. The maximum Gasteiger partial charge on any atom is 0.129 e. The van der Waals surface area contributed by atoms with E-state index in [9.17, 15) is 0 Å². The fourth-order valence-electron chi connectivity index (χ4n) is 1.83. The Bertz CT molecular complexity index is 339. The highest BCUT2D eigenvalue weighted by Crippen LogP contribution is 2.17. The summed E-state index contributed by atoms with van der Waals surface area (Å²) in [4.78, 5) is 6.68. The number of aromatic nitrogens is 1. The van der Waals surface area contributed by atoms with Crippen molar-refractivity contribution >= 4 is 5.82 Å². The van der Waals surface area contributed by atoms with Gasteiger partial charge in [-0.3, -0.25) is 0 Å². The van der Waals surface area contributed by atoms with Crippen molar-refractivity contribution in [3.05, 3.63) is 23.4 Å². The fraction of sp³-hybridized carbons (Fsp3) is 0.615. The molecule has 0 aliphatic rings. The molecule has 0 fully saturated rings. The first-order valence-electron chi connectivity index (χ1n) is 5.89. The molecule has 1 rings (SSSR count). The molecular formula is C13H22N2O. The van der Waals surface area contributed by atoms with Crippen LogP contribution in [0.5, 0.6) is 0 Å². The molecule has 1 aromatic heterocycles. The number of anilines is 1. The molecule has 1 aromatic rings. The van der Waals surface area contributed by atoms with Crippen LogP contribution in [0.2, 0.25) is 0 Å². The van der Waals surface area contributed by atoms with Crippen molar-refractivity contribution in [1.29, 1.82) is 0 Å². The van der Waals surface area contributed by atoms with E-state index in [2.05, 4.69) is 30.8 Å². The van der Waals surface area contributed by atoms with Gasteiger partial charge in [0.2, 0.25) is 0 Å². The summed E-state index contributed by atoms with van der Waals surface area (Å²) in [6.07, 6.45) is 2.32. The number of aryl methyl sites for hydroxylation is 1. The Hall–Kier alpha value is -1.09. The Morgan fingerprint density at radius 2 is 2.12 bits per heavy atom. The smallest absolute Gasteiger partial charge is 0.129 e. The number of hydrogen-bond acceptors (Lipinski definition) is 3. The summed E-state index contributed by atoms with van der Waals surface area (Å²) in [7, 11) is 2.06. The van der Waals surface area contributed by atoms with Gasteiger partial charge >= 0.3 is 0 Å². The van der Waals surface area contributed by atoms with Gasteiger partial charge < -0.3 is 10.0 Å². The van der Waals surface area contributed by atoms with E-state index in [1.165, 1.54) is 6.42 Å². The van der Waals surface area contributed by atoms with Crippen LogP contribution >= 0.6 is 0 Å². The standard InChI is InChI=1S/C13H22N2O/c1-5-6-11(3)15(4)13-8-12(9-16)7-10(2)14-13/h7-8,11,16H,5-6,9H2,1-4H3. The summed E-state index contributed by atoms with van der Waals surface area (Å²) in [5.41, 5.74) is 1.88. The topological polar surface area (TPSA) is 36.4 Å². The van der Waals surface area contributed by atoms with Crippen LogP contribution < -0.4 is 4.90 Å². The van der Waals surface area contributed by atoms with Crippen LogP contribution in [0, 0.1) is 6.92 Å². The number of pyridine rings is 1. The third-order valence-corrected chi connectivity index (χ3v) is 2.91. The van der Waals surface area contributed by atoms with Gasteiger partial charge in [0.1, 0.15) is 5.82 Å². The molecular weight excluding hydrogens is 200 g/mol. The van der Waals surface area contributed by atoms with Crippen molar-refractivity contribution in [2.24, 2.45) is 0 Å². The van der Waals surface area contributed by atoms with Gasteiger partial charge in [0.05, 0.1) is 6.61 Å². The largest absolute Gasteiger partial charge is 0.392 e. The quantitative estimate of drug-likeness (QED) is 0.831. The molecule has 0 saturated carbocycles. The fourth-order valence-corrected chi connectivity index (χ4v) is 1.83. The summed E-state index contributed by atoms with van der Waals surface area (Å²) in [5, 5.41) is 9.16. The lowest BCUT2D eigenvalue weighted by molar-refractivity contribution is 0.281. The van der Waals surface area contributed by atoms with E-state index in [0.717, 1.165) is 23.5 Å². The molecule has 0 aliphatic heterocycles. The van der Waals surface area contributed by atoms with E-state index in [1.54, 1.807) is 0 Å². The van der Waals surface area contributed by atoms with Gasteiger partial charge in [-0.15, -0.1) is 0 Å². The molecule has 3 heteroatoms. The molecule has 90 valence electrons. The molecule has 0 aromatic carbocycles. The Balaban J connectivity index is 2.89. The van der Waals surface area contributed by atoms with Gasteiger partial charge in [-0.05, 0) is 38.0 Å². The van der Waals surface area contributed by atoms with Crippen LogP contribution in [-0.4, -0.2) is 23.2 Å². The Morgan fingerprint density at radius 1 is 1.44 bits per heavy atom. The van der Waals surface area contributed by atoms with Crippen LogP contribution in [0.1, 0.15) is 37.9 Å². The highest BCUT2D eigenvalue weighted by Gasteiger charge is 2.11. The molecule has 1 N–H and O–H groups in total. The van der Waals surface area contributed by atoms with Gasteiger partial charge in [-0.25, -0.2) is 4.98 Å². The number of rotatable bonds is 5. The Morgan fingerprint density at radius 3 is 2.69 bits per heavy atom. The minimum absolute atomic E-state index is 0.0758. The van der Waals surface area contributed by atoms with E-state index < -0.39 is 0 Å². The second-order valence-corrected chi connectivity index (χ2v) is 4.38. The molecule has 0 spiro atoms. The predicted octanol–water partition coefficient (Wildman–Crippen LogP) is 2.51. The van der Waals surface area contributed by atoms with Crippen LogP contribution in [0.15, 0.2) is 12.1 Å². The first-order chi connectivity index (χ1) is 7.58. The molecule has 0 radical (unpaired) electrons. The van der Waals surface area contributed by atoms with Gasteiger partial charge in [-0.2, -0.15) is 0 Å². The lowest BCUT2D eigenvalue weighted by atomic mass is 10.1. The minimum atomic E-state index is 0.0758. The Labute approximate surface area is 98.1 Å². The zero-order chi connectivity index (χ0) is 12.1. The first kappa shape index (κ1) is 13.0. The van der Waals surface area contributed by atoms with Gasteiger partial charge in [0, 0.05) is 18.8 Å². The van der Waals surface area contributed by atoms with E-state index in [-0.39, 0.29) is 6.61 Å². The second-order valence-electron chi connectivity index (χ2n) is 4.38. The van der Waals surface area contributed by atoms with Crippen LogP contribution in [-0.2, 0) is 6.61 Å². The summed E-state index contributed by atoms with van der Waals surface area (Å²) >= 11 is 0. The van der Waals surface area contributed by atoms with E-state index >= 15 is 0 Å². The predicted molar refractivity (Wildman–Crippen MR) is 67.7 cm³/mol. The maximum absolute atomic E-state index is 9.16. The third-order valence-electron chi connectivity index (χ3n) is 2.91. The van der Waals surface area contributed by atoms with Crippen molar-refractivity contribution in [1.82, 2.24) is 4.98 Å². The molecule has 0 bridgehead atoms. The van der Waals surface area contributed by atoms with Crippen molar-refractivity contribution in [3.63, 3.8) is 0 Å². The average Bonchev–Trinajstić information content (AvgIpc) is 2.27. The highest BCUT2D eigenvalue weighted by molar-refractivity contribution is 5.42. The molecule has 1 heterocycles. The molecule has 16 heavy (non-hydrogen) atoms. The first-order valence-corrected chi connectivity index (χ1v) is 5.89. The van der Waals surface area contributed by atoms with Crippen LogP contribution in [0.4, 0.5) is 5.82 Å². The molecule has 1 unspecified atom stereocenters. The van der Waals surface area contributed by atoms with Crippen LogP contribution in [0.25, 0.3) is 0 Å². The van der Waals surface area contributed by atoms with E-state index in [0.29, 0.717) is 6.04 Å². The molecule has 0 aliphatic carbocycles. The average molecular weight is 222 g/mol. The summed E-state index contributed by atoms with van der Waals surface area (Å²) in [6, 6.07) is 4.35. The van der Waals surface area contributed by atoms with Crippen molar-refractivity contribution in [2.45, 2.75) is 46.3 Å². The number of aliphatic hydroxyl groups excluding tert-OH is 1. The van der Waals surface area contributed by atoms with E-state index in [1.807, 2.05) is 19.1 Å². The van der Waals surface area contributed by atoms with Gasteiger partial charge in [0.25, 0.3) is 0 Å². The summed E-state index contributed by atoms with van der Waals surface area (Å²) < 4.78 is 0. The van der Waals surface area contributed by atoms with Crippen LogP contribution in [0.3, 0.4) is 0 Å². The van der Waals surface area contributed by atoms with E-state index in [4.69, 9.17) is 5.11 Å². The molecule has 0 saturated heterocycles. The maximum atomic E-state index is 9.16. The monoisotopic (exact) mass is 222 g/mol. The number of nitrogens with zero attached hydrogens (tertiary/aromatic N) is 2. The number of hydrogen-bond donors (Lipinski definition) is 1. The molecule has 1 atom stereocenters. The third kappa shape index (κ3) is 3.20. The number of aliphatic hydroxyl groups is 1. The normalized spacial score (nSPS) is 12.6. The van der Waals surface area contributed by atoms with Crippen molar-refractivity contribution < 1.29 is 5.11 Å². The molecule has 3 nitrogen and oxygen atoms in total.